The fourth-order valence-electron chi connectivity index (χ4n) is 2.15. The third-order valence-corrected chi connectivity index (χ3v) is 3.11. The van der Waals surface area contributed by atoms with Crippen LogP contribution in [0.15, 0.2) is 36.8 Å². The van der Waals surface area contributed by atoms with Gasteiger partial charge in [0.2, 0.25) is 0 Å². The molecule has 1 aromatic heterocycles. The van der Waals surface area contributed by atoms with Gasteiger partial charge in [0, 0.05) is 23.9 Å². The Bertz CT molecular complexity index is 665. The molecule has 0 atom stereocenters. The van der Waals surface area contributed by atoms with Crippen LogP contribution in [0, 0.1) is 11.3 Å². The minimum absolute atomic E-state index is 0.0879. The molecule has 5 heteroatoms. The van der Waals surface area contributed by atoms with Crippen LogP contribution in [-0.2, 0) is 13.1 Å². The molecule has 0 aliphatic carbocycles. The van der Waals surface area contributed by atoms with E-state index < -0.39 is 0 Å². The average Bonchev–Trinajstić information content (AvgIpc) is 2.90. The second-order valence-electron chi connectivity index (χ2n) is 4.35. The summed E-state index contributed by atoms with van der Waals surface area (Å²) in [6.07, 6.45) is 3.23. The third kappa shape index (κ3) is 2.04. The van der Waals surface area contributed by atoms with E-state index in [1.165, 1.54) is 6.33 Å². The monoisotopic (exact) mass is 250 g/mol. The summed E-state index contributed by atoms with van der Waals surface area (Å²) >= 11 is 0. The first-order valence-corrected chi connectivity index (χ1v) is 5.85. The molecule has 0 saturated carbocycles. The maximum Gasteiger partial charge on any atom is 0.254 e. The van der Waals surface area contributed by atoms with Crippen LogP contribution in [0.1, 0.15) is 27.2 Å². The topological polar surface area (TPSA) is 69.9 Å². The molecule has 19 heavy (non-hydrogen) atoms. The molecule has 5 nitrogen and oxygen atoms in total. The van der Waals surface area contributed by atoms with Gasteiger partial charge in [-0.2, -0.15) is 5.26 Å². The van der Waals surface area contributed by atoms with Crippen LogP contribution < -0.4 is 0 Å². The van der Waals surface area contributed by atoms with Crippen molar-refractivity contribution < 1.29 is 4.79 Å². The Balaban J connectivity index is 1.85. The number of amides is 1. The lowest BCUT2D eigenvalue weighted by molar-refractivity contribution is 0.0750. The van der Waals surface area contributed by atoms with E-state index in [-0.39, 0.29) is 5.91 Å². The van der Waals surface area contributed by atoms with E-state index in [2.05, 4.69) is 9.97 Å². The Morgan fingerprint density at radius 2 is 2.26 bits per heavy atom. The van der Waals surface area contributed by atoms with E-state index in [4.69, 9.17) is 5.26 Å². The molecular weight excluding hydrogens is 240 g/mol. The molecule has 92 valence electrons. The highest BCUT2D eigenvalue weighted by Crippen LogP contribution is 2.21. The van der Waals surface area contributed by atoms with Gasteiger partial charge < -0.3 is 4.90 Å². The van der Waals surface area contributed by atoms with Gasteiger partial charge in [-0.3, -0.25) is 4.79 Å². The number of carbonyl (C=O) groups is 1. The van der Waals surface area contributed by atoms with Gasteiger partial charge in [0.25, 0.3) is 5.91 Å². The van der Waals surface area contributed by atoms with Crippen LogP contribution in [0.4, 0.5) is 0 Å². The number of carbonyl (C=O) groups excluding carboxylic acids is 1. The highest BCUT2D eigenvalue weighted by Gasteiger charge is 2.25. The Morgan fingerprint density at radius 3 is 3.05 bits per heavy atom. The van der Waals surface area contributed by atoms with E-state index in [1.807, 2.05) is 6.07 Å². The van der Waals surface area contributed by atoms with Crippen LogP contribution in [0.25, 0.3) is 0 Å². The number of nitriles is 1. The van der Waals surface area contributed by atoms with Crippen LogP contribution in [0.2, 0.25) is 0 Å². The largest absolute Gasteiger partial charge is 0.328 e. The van der Waals surface area contributed by atoms with Crippen molar-refractivity contribution in [2.75, 3.05) is 0 Å². The van der Waals surface area contributed by atoms with Crippen molar-refractivity contribution in [1.82, 2.24) is 14.9 Å². The van der Waals surface area contributed by atoms with Crippen molar-refractivity contribution >= 4 is 5.91 Å². The summed E-state index contributed by atoms with van der Waals surface area (Å²) in [7, 11) is 0. The van der Waals surface area contributed by atoms with Gasteiger partial charge in [0.05, 0.1) is 23.9 Å². The number of rotatable bonds is 1. The number of hydrogen-bond donors (Lipinski definition) is 0. The second kappa shape index (κ2) is 4.50. The summed E-state index contributed by atoms with van der Waals surface area (Å²) in [6, 6.07) is 8.76. The van der Waals surface area contributed by atoms with Crippen molar-refractivity contribution in [2.45, 2.75) is 13.1 Å². The van der Waals surface area contributed by atoms with Gasteiger partial charge in [-0.1, -0.05) is 6.07 Å². The number of nitrogens with zero attached hydrogens (tertiary/aromatic N) is 4. The first-order chi connectivity index (χ1) is 9.28. The molecule has 1 aliphatic heterocycles. The lowest BCUT2D eigenvalue weighted by Gasteiger charge is -2.15. The van der Waals surface area contributed by atoms with Crippen molar-refractivity contribution in [2.24, 2.45) is 0 Å². The first kappa shape index (κ1) is 11.4. The summed E-state index contributed by atoms with van der Waals surface area (Å²) in [5, 5.41) is 8.86. The normalized spacial score (nSPS) is 12.9. The molecule has 0 saturated heterocycles. The Labute approximate surface area is 110 Å². The Kier molecular flexibility index (Phi) is 2.69. The SMILES string of the molecule is N#Cc1cccc(C(=O)N2Cc3cncnc3C2)c1. The lowest BCUT2D eigenvalue weighted by atomic mass is 10.1. The molecule has 0 bridgehead atoms. The molecule has 0 fully saturated rings. The minimum Gasteiger partial charge on any atom is -0.328 e. The smallest absolute Gasteiger partial charge is 0.254 e. The van der Waals surface area contributed by atoms with Crippen molar-refractivity contribution in [3.05, 3.63) is 59.2 Å². The quantitative estimate of drug-likeness (QED) is 0.769. The van der Waals surface area contributed by atoms with Gasteiger partial charge in [0.1, 0.15) is 6.33 Å². The highest BCUT2D eigenvalue weighted by molar-refractivity contribution is 5.94. The standard InChI is InChI=1S/C14H10N4O/c15-5-10-2-1-3-11(4-10)14(19)18-7-12-6-16-9-17-13(12)8-18/h1-4,6,9H,7-8H2. The van der Waals surface area contributed by atoms with Crippen LogP contribution in [0.3, 0.4) is 0 Å². The molecule has 0 unspecified atom stereocenters. The zero-order valence-corrected chi connectivity index (χ0v) is 10.1. The molecule has 1 aromatic carbocycles. The average molecular weight is 250 g/mol. The highest BCUT2D eigenvalue weighted by atomic mass is 16.2. The number of aromatic nitrogens is 2. The third-order valence-electron chi connectivity index (χ3n) is 3.11. The fraction of sp³-hybridized carbons (Fsp3) is 0.143. The zero-order chi connectivity index (χ0) is 13.2. The summed E-state index contributed by atoms with van der Waals surface area (Å²) < 4.78 is 0. The van der Waals surface area contributed by atoms with Gasteiger partial charge in [0.15, 0.2) is 0 Å². The summed E-state index contributed by atoms with van der Waals surface area (Å²) in [5.74, 6) is -0.0879. The van der Waals surface area contributed by atoms with E-state index in [1.54, 1.807) is 35.4 Å². The molecule has 3 rings (SSSR count). The molecule has 1 aliphatic rings. The molecule has 0 radical (unpaired) electrons. The maximum absolute atomic E-state index is 12.4. The predicted molar refractivity (Wildman–Crippen MR) is 66.8 cm³/mol. The maximum atomic E-state index is 12.4. The van der Waals surface area contributed by atoms with Gasteiger partial charge >= 0.3 is 0 Å². The number of hydrogen-bond acceptors (Lipinski definition) is 4. The van der Waals surface area contributed by atoms with E-state index in [0.29, 0.717) is 24.2 Å². The molecular formula is C14H10N4O. The van der Waals surface area contributed by atoms with E-state index in [0.717, 1.165) is 11.3 Å². The number of fused-ring (bicyclic) bond motifs is 1. The van der Waals surface area contributed by atoms with E-state index in [9.17, 15) is 4.79 Å². The van der Waals surface area contributed by atoms with Gasteiger partial charge in [-0.15, -0.1) is 0 Å². The van der Waals surface area contributed by atoms with Crippen molar-refractivity contribution in [3.8, 4) is 6.07 Å². The molecule has 2 heterocycles. The predicted octanol–water partition coefficient (Wildman–Crippen LogP) is 1.50. The zero-order valence-electron chi connectivity index (χ0n) is 10.1. The lowest BCUT2D eigenvalue weighted by Crippen LogP contribution is -2.25. The van der Waals surface area contributed by atoms with Crippen LogP contribution in [0.5, 0.6) is 0 Å². The molecule has 0 spiro atoms. The fourth-order valence-corrected chi connectivity index (χ4v) is 2.15. The van der Waals surface area contributed by atoms with Gasteiger partial charge in [-0.05, 0) is 18.2 Å². The Hall–Kier alpha value is -2.74. The minimum atomic E-state index is -0.0879. The summed E-state index contributed by atoms with van der Waals surface area (Å²) in [4.78, 5) is 22.2. The Morgan fingerprint density at radius 1 is 1.37 bits per heavy atom. The number of benzene rings is 1. The molecule has 1 amide bonds. The van der Waals surface area contributed by atoms with Crippen LogP contribution >= 0.6 is 0 Å². The van der Waals surface area contributed by atoms with Crippen molar-refractivity contribution in [3.63, 3.8) is 0 Å². The van der Waals surface area contributed by atoms with Crippen LogP contribution in [-0.4, -0.2) is 20.8 Å². The second-order valence-corrected chi connectivity index (χ2v) is 4.35. The first-order valence-electron chi connectivity index (χ1n) is 5.85. The molecule has 2 aromatic rings. The molecule has 0 N–H and O–H groups in total. The summed E-state index contributed by atoms with van der Waals surface area (Å²) in [6.45, 7) is 1.01. The summed E-state index contributed by atoms with van der Waals surface area (Å²) in [5.41, 5.74) is 2.88. The van der Waals surface area contributed by atoms with Gasteiger partial charge in [-0.25, -0.2) is 9.97 Å². The van der Waals surface area contributed by atoms with Crippen molar-refractivity contribution in [1.29, 1.82) is 5.26 Å². The van der Waals surface area contributed by atoms with E-state index >= 15 is 0 Å².